The van der Waals surface area contributed by atoms with Gasteiger partial charge in [0, 0.05) is 43.0 Å². The van der Waals surface area contributed by atoms with Crippen molar-refractivity contribution in [1.29, 1.82) is 0 Å². The number of phenols is 1. The number of ether oxygens (including phenoxy) is 1. The van der Waals surface area contributed by atoms with Crippen LogP contribution in [0.4, 0.5) is 4.79 Å². The number of hydrogen-bond acceptors (Lipinski definition) is 5. The number of nitrogens with zero attached hydrogens (tertiary/aromatic N) is 2. The first kappa shape index (κ1) is 17.5. The van der Waals surface area contributed by atoms with Crippen LogP contribution in [0.3, 0.4) is 0 Å². The van der Waals surface area contributed by atoms with Crippen molar-refractivity contribution < 1.29 is 19.4 Å². The molecule has 0 saturated carbocycles. The first-order chi connectivity index (χ1) is 12.5. The Balaban J connectivity index is 1.81. The van der Waals surface area contributed by atoms with E-state index in [1.165, 1.54) is 0 Å². The van der Waals surface area contributed by atoms with E-state index < -0.39 is 6.03 Å². The fourth-order valence-corrected chi connectivity index (χ4v) is 2.86. The molecular formula is C18H20N4O4. The first-order valence-corrected chi connectivity index (χ1v) is 8.25. The molecule has 3 rings (SSSR count). The van der Waals surface area contributed by atoms with Crippen molar-refractivity contribution in [2.24, 2.45) is 5.73 Å². The number of phenolic OH excluding ortho intramolecular Hbond substituents is 1. The average molecular weight is 356 g/mol. The van der Waals surface area contributed by atoms with Crippen molar-refractivity contribution in [1.82, 2.24) is 15.2 Å². The summed E-state index contributed by atoms with van der Waals surface area (Å²) in [5.74, 6) is 0.302. The molecule has 3 amide bonds. The molecule has 8 heteroatoms. The second kappa shape index (κ2) is 7.73. The number of carbonyl (C=O) groups is 2. The van der Waals surface area contributed by atoms with E-state index in [2.05, 4.69) is 10.3 Å². The number of aromatic nitrogens is 1. The molecule has 0 spiro atoms. The van der Waals surface area contributed by atoms with Gasteiger partial charge in [-0.15, -0.1) is 0 Å². The minimum Gasteiger partial charge on any atom is -0.504 e. The van der Waals surface area contributed by atoms with Gasteiger partial charge in [-0.1, -0.05) is 6.07 Å². The van der Waals surface area contributed by atoms with Gasteiger partial charge in [0.05, 0.1) is 6.54 Å². The Labute approximate surface area is 150 Å². The third-order valence-corrected chi connectivity index (χ3v) is 4.10. The molecule has 0 atom stereocenters. The lowest BCUT2D eigenvalue weighted by Gasteiger charge is -2.20. The molecule has 0 saturated heterocycles. The maximum atomic E-state index is 12.4. The van der Waals surface area contributed by atoms with Gasteiger partial charge in [0.25, 0.3) is 0 Å². The summed E-state index contributed by atoms with van der Waals surface area (Å²) in [6.45, 7) is 1.17. The van der Waals surface area contributed by atoms with Gasteiger partial charge in [0.15, 0.2) is 11.5 Å². The molecule has 1 aliphatic rings. The lowest BCUT2D eigenvalue weighted by atomic mass is 10.0. The molecule has 8 nitrogen and oxygen atoms in total. The highest BCUT2D eigenvalue weighted by Gasteiger charge is 2.22. The minimum absolute atomic E-state index is 0.0334. The third-order valence-electron chi connectivity index (χ3n) is 4.10. The van der Waals surface area contributed by atoms with Crippen LogP contribution in [0, 0.1) is 0 Å². The molecule has 0 unspecified atom stereocenters. The number of aromatic hydroxyl groups is 1. The summed E-state index contributed by atoms with van der Waals surface area (Å²) in [5.41, 5.74) is 7.38. The highest BCUT2D eigenvalue weighted by atomic mass is 16.5. The fraction of sp³-hybridized carbons (Fsp3) is 0.278. The first-order valence-electron chi connectivity index (χ1n) is 8.25. The molecule has 0 radical (unpaired) electrons. The second-order valence-electron chi connectivity index (χ2n) is 5.93. The van der Waals surface area contributed by atoms with Crippen LogP contribution >= 0.6 is 0 Å². The maximum absolute atomic E-state index is 12.4. The summed E-state index contributed by atoms with van der Waals surface area (Å²) in [6.07, 6.45) is 3.53. The van der Waals surface area contributed by atoms with Gasteiger partial charge in [0.1, 0.15) is 6.61 Å². The van der Waals surface area contributed by atoms with Crippen molar-refractivity contribution in [2.75, 3.05) is 19.7 Å². The van der Waals surface area contributed by atoms with Crippen LogP contribution in [0.2, 0.25) is 0 Å². The van der Waals surface area contributed by atoms with E-state index in [9.17, 15) is 14.7 Å². The standard InChI is InChI=1S/C18H20N4O4/c19-18(25)21-5-3-16(24)22-6-7-26-17-14(11-22)8-13(9-15(17)23)12-2-1-4-20-10-12/h1-2,4,8-10,23H,3,5-7,11H2,(H3,19,21,25). The second-order valence-corrected chi connectivity index (χ2v) is 5.93. The van der Waals surface area contributed by atoms with E-state index in [-0.39, 0.29) is 31.2 Å². The number of benzene rings is 1. The smallest absolute Gasteiger partial charge is 0.312 e. The zero-order valence-electron chi connectivity index (χ0n) is 14.1. The summed E-state index contributed by atoms with van der Waals surface area (Å²) in [7, 11) is 0. The molecule has 1 aromatic heterocycles. The molecule has 0 bridgehead atoms. The van der Waals surface area contributed by atoms with Gasteiger partial charge in [-0.2, -0.15) is 0 Å². The van der Waals surface area contributed by atoms with Crippen molar-refractivity contribution in [3.63, 3.8) is 0 Å². The van der Waals surface area contributed by atoms with Crippen LogP contribution in [0.1, 0.15) is 12.0 Å². The molecule has 2 aromatic rings. The number of urea groups is 1. The van der Waals surface area contributed by atoms with E-state index in [1.54, 1.807) is 23.4 Å². The van der Waals surface area contributed by atoms with E-state index >= 15 is 0 Å². The van der Waals surface area contributed by atoms with Crippen LogP contribution < -0.4 is 15.8 Å². The van der Waals surface area contributed by atoms with Gasteiger partial charge in [-0.25, -0.2) is 4.79 Å². The van der Waals surface area contributed by atoms with E-state index in [0.717, 1.165) is 16.7 Å². The van der Waals surface area contributed by atoms with Crippen molar-refractivity contribution >= 4 is 11.9 Å². The van der Waals surface area contributed by atoms with Gasteiger partial charge in [-0.05, 0) is 23.8 Å². The Hall–Kier alpha value is -3.29. The number of pyridine rings is 1. The van der Waals surface area contributed by atoms with Crippen LogP contribution in [0.5, 0.6) is 11.5 Å². The van der Waals surface area contributed by atoms with Crippen LogP contribution in [0.25, 0.3) is 11.1 Å². The quantitative estimate of drug-likeness (QED) is 0.762. The van der Waals surface area contributed by atoms with E-state index in [4.69, 9.17) is 10.5 Å². The Morgan fingerprint density at radius 2 is 2.19 bits per heavy atom. The lowest BCUT2D eigenvalue weighted by Crippen LogP contribution is -2.36. The summed E-state index contributed by atoms with van der Waals surface area (Å²) >= 11 is 0. The van der Waals surface area contributed by atoms with Gasteiger partial charge >= 0.3 is 6.03 Å². The van der Waals surface area contributed by atoms with Gasteiger partial charge in [0.2, 0.25) is 5.91 Å². The monoisotopic (exact) mass is 356 g/mol. The summed E-state index contributed by atoms with van der Waals surface area (Å²) in [4.78, 5) is 28.8. The summed E-state index contributed by atoms with van der Waals surface area (Å²) in [5, 5.41) is 12.7. The summed E-state index contributed by atoms with van der Waals surface area (Å²) in [6, 6.07) is 6.57. The molecule has 1 aromatic carbocycles. The normalized spacial score (nSPS) is 13.3. The van der Waals surface area contributed by atoms with E-state index in [1.807, 2.05) is 18.2 Å². The highest BCUT2D eigenvalue weighted by Crippen LogP contribution is 2.37. The number of amides is 3. The molecule has 26 heavy (non-hydrogen) atoms. The number of fused-ring (bicyclic) bond motifs is 1. The molecule has 2 heterocycles. The SMILES string of the molecule is NC(=O)NCCC(=O)N1CCOc2c(O)cc(-c3cccnc3)cc2C1. The highest BCUT2D eigenvalue weighted by molar-refractivity contribution is 5.78. The topological polar surface area (TPSA) is 118 Å². The number of primary amides is 1. The number of nitrogens with one attached hydrogen (secondary N) is 1. The zero-order chi connectivity index (χ0) is 18.5. The Morgan fingerprint density at radius 3 is 2.92 bits per heavy atom. The average Bonchev–Trinajstić information content (AvgIpc) is 2.85. The van der Waals surface area contributed by atoms with Crippen molar-refractivity contribution in [3.05, 3.63) is 42.2 Å². The van der Waals surface area contributed by atoms with Gasteiger partial charge in [-0.3, -0.25) is 9.78 Å². The molecular weight excluding hydrogens is 336 g/mol. The molecule has 4 N–H and O–H groups in total. The van der Waals surface area contributed by atoms with Crippen molar-refractivity contribution in [2.45, 2.75) is 13.0 Å². The molecule has 1 aliphatic heterocycles. The zero-order valence-corrected chi connectivity index (χ0v) is 14.1. The number of nitrogens with two attached hydrogens (primary N) is 1. The minimum atomic E-state index is -0.659. The van der Waals surface area contributed by atoms with E-state index in [0.29, 0.717) is 18.8 Å². The molecule has 136 valence electrons. The summed E-state index contributed by atoms with van der Waals surface area (Å²) < 4.78 is 5.64. The maximum Gasteiger partial charge on any atom is 0.312 e. The van der Waals surface area contributed by atoms with Crippen LogP contribution in [-0.2, 0) is 11.3 Å². The van der Waals surface area contributed by atoms with Gasteiger partial charge < -0.3 is 25.8 Å². The Kier molecular flexibility index (Phi) is 5.21. The fourth-order valence-electron chi connectivity index (χ4n) is 2.86. The van der Waals surface area contributed by atoms with Crippen LogP contribution in [0.15, 0.2) is 36.7 Å². The number of hydrogen-bond donors (Lipinski definition) is 3. The largest absolute Gasteiger partial charge is 0.504 e. The lowest BCUT2D eigenvalue weighted by molar-refractivity contribution is -0.131. The predicted molar refractivity (Wildman–Crippen MR) is 94.5 cm³/mol. The molecule has 0 fully saturated rings. The Morgan fingerprint density at radius 1 is 1.35 bits per heavy atom. The van der Waals surface area contributed by atoms with Crippen LogP contribution in [-0.4, -0.2) is 46.6 Å². The third kappa shape index (κ3) is 4.02. The number of rotatable bonds is 4. The molecule has 0 aliphatic carbocycles. The predicted octanol–water partition coefficient (Wildman–Crippen LogP) is 1.23. The van der Waals surface area contributed by atoms with Crippen molar-refractivity contribution in [3.8, 4) is 22.6 Å². The number of carbonyl (C=O) groups excluding carboxylic acids is 2. The Bertz CT molecular complexity index is 810.